The van der Waals surface area contributed by atoms with Crippen molar-refractivity contribution in [1.29, 1.82) is 0 Å². The third-order valence-electron chi connectivity index (χ3n) is 5.80. The number of rotatable bonds is 5. The van der Waals surface area contributed by atoms with Gasteiger partial charge in [-0.25, -0.2) is 4.68 Å². The highest BCUT2D eigenvalue weighted by molar-refractivity contribution is 5.83. The number of piperidine rings is 1. The largest absolute Gasteiger partial charge is 0.493 e. The summed E-state index contributed by atoms with van der Waals surface area (Å²) in [5.41, 5.74) is 0.854. The summed E-state index contributed by atoms with van der Waals surface area (Å²) in [5.74, 6) is 1.87. The molecule has 1 aliphatic heterocycles. The van der Waals surface area contributed by atoms with Crippen LogP contribution < -0.4 is 15.0 Å². The SMILES string of the molecule is COc1cc2cc(C(c3nnnn3C(C)(C)C)N3CCCCC3)c(=O)[nH]c2cc1OC. The van der Waals surface area contributed by atoms with Crippen LogP contribution in [-0.2, 0) is 5.54 Å². The predicted molar refractivity (Wildman–Crippen MR) is 118 cm³/mol. The molecule has 0 radical (unpaired) electrons. The molecule has 31 heavy (non-hydrogen) atoms. The number of aromatic nitrogens is 5. The smallest absolute Gasteiger partial charge is 0.253 e. The van der Waals surface area contributed by atoms with Gasteiger partial charge in [-0.3, -0.25) is 9.69 Å². The third kappa shape index (κ3) is 4.01. The van der Waals surface area contributed by atoms with E-state index in [0.717, 1.165) is 31.3 Å². The van der Waals surface area contributed by atoms with Crippen LogP contribution >= 0.6 is 0 Å². The lowest BCUT2D eigenvalue weighted by molar-refractivity contribution is 0.170. The average Bonchev–Trinajstić information content (AvgIpc) is 3.24. The van der Waals surface area contributed by atoms with Gasteiger partial charge in [-0.05, 0) is 69.3 Å². The Labute approximate surface area is 181 Å². The number of likely N-dealkylation sites (tertiary alicyclic amines) is 1. The molecular formula is C22H30N6O3. The fourth-order valence-corrected chi connectivity index (χ4v) is 4.27. The molecule has 1 aromatic carbocycles. The summed E-state index contributed by atoms with van der Waals surface area (Å²) in [6.07, 6.45) is 3.37. The number of nitrogens with zero attached hydrogens (tertiary/aromatic N) is 5. The number of aromatic amines is 1. The maximum Gasteiger partial charge on any atom is 0.253 e. The number of H-pyrrole nitrogens is 1. The molecule has 1 atom stereocenters. The first-order chi connectivity index (χ1) is 14.8. The topological polar surface area (TPSA) is 98.2 Å². The summed E-state index contributed by atoms with van der Waals surface area (Å²) in [5, 5.41) is 13.5. The Kier molecular flexibility index (Phi) is 5.70. The van der Waals surface area contributed by atoms with Gasteiger partial charge in [-0.2, -0.15) is 0 Å². The van der Waals surface area contributed by atoms with Gasteiger partial charge in [0, 0.05) is 17.0 Å². The standard InChI is InChI=1S/C22H30N6O3/c1-22(2,3)28-20(24-25-26-28)19(27-9-7-6-8-10-27)15-11-14-12-17(30-4)18(31-5)13-16(14)23-21(15)29/h11-13,19H,6-10H2,1-5H3,(H,23,29). The summed E-state index contributed by atoms with van der Waals surface area (Å²) >= 11 is 0. The lowest BCUT2D eigenvalue weighted by Crippen LogP contribution is -2.40. The van der Waals surface area contributed by atoms with Gasteiger partial charge in [0.2, 0.25) is 0 Å². The van der Waals surface area contributed by atoms with Crippen LogP contribution in [0.5, 0.6) is 11.5 Å². The van der Waals surface area contributed by atoms with Gasteiger partial charge in [0.25, 0.3) is 5.56 Å². The normalized spacial score (nSPS) is 16.4. The molecule has 0 amide bonds. The average molecular weight is 427 g/mol. The molecule has 0 bridgehead atoms. The fraction of sp³-hybridized carbons (Fsp3) is 0.545. The highest BCUT2D eigenvalue weighted by atomic mass is 16.5. The Hall–Kier alpha value is -2.94. The van der Waals surface area contributed by atoms with Gasteiger partial charge in [0.15, 0.2) is 17.3 Å². The number of pyridine rings is 1. The number of hydrogen-bond acceptors (Lipinski definition) is 7. The third-order valence-corrected chi connectivity index (χ3v) is 5.80. The van der Waals surface area contributed by atoms with Crippen molar-refractivity contribution in [2.24, 2.45) is 0 Å². The highest BCUT2D eigenvalue weighted by Gasteiger charge is 2.33. The molecule has 0 spiro atoms. The minimum absolute atomic E-state index is 0.154. The summed E-state index contributed by atoms with van der Waals surface area (Å²) in [7, 11) is 3.18. The zero-order chi connectivity index (χ0) is 22.2. The number of hydrogen-bond donors (Lipinski definition) is 1. The fourth-order valence-electron chi connectivity index (χ4n) is 4.27. The van der Waals surface area contributed by atoms with Crippen LogP contribution in [0.15, 0.2) is 23.0 Å². The van der Waals surface area contributed by atoms with E-state index in [1.54, 1.807) is 20.3 Å². The van der Waals surface area contributed by atoms with Crippen molar-refractivity contribution in [3.05, 3.63) is 39.9 Å². The molecule has 0 saturated carbocycles. The van der Waals surface area contributed by atoms with Gasteiger partial charge in [0.1, 0.15) is 6.04 Å². The van der Waals surface area contributed by atoms with Crippen LogP contribution in [0.25, 0.3) is 10.9 Å². The Morgan fingerprint density at radius 2 is 1.71 bits per heavy atom. The zero-order valence-electron chi connectivity index (χ0n) is 18.8. The molecule has 1 aliphatic rings. The Morgan fingerprint density at radius 3 is 2.35 bits per heavy atom. The lowest BCUT2D eigenvalue weighted by Gasteiger charge is -2.35. The quantitative estimate of drug-likeness (QED) is 0.670. The van der Waals surface area contributed by atoms with Gasteiger partial charge in [0.05, 0.1) is 25.3 Å². The molecule has 1 N–H and O–H groups in total. The lowest BCUT2D eigenvalue weighted by atomic mass is 9.99. The van der Waals surface area contributed by atoms with Crippen molar-refractivity contribution in [3.63, 3.8) is 0 Å². The number of fused-ring (bicyclic) bond motifs is 1. The molecule has 1 fully saturated rings. The summed E-state index contributed by atoms with van der Waals surface area (Å²) in [6.45, 7) is 7.96. The molecule has 1 saturated heterocycles. The van der Waals surface area contributed by atoms with E-state index in [4.69, 9.17) is 9.47 Å². The number of benzene rings is 1. The van der Waals surface area contributed by atoms with Crippen LogP contribution in [0.2, 0.25) is 0 Å². The van der Waals surface area contributed by atoms with Crippen LogP contribution in [0, 0.1) is 0 Å². The minimum Gasteiger partial charge on any atom is -0.493 e. The minimum atomic E-state index is -0.337. The van der Waals surface area contributed by atoms with Gasteiger partial charge in [-0.15, -0.1) is 5.10 Å². The molecule has 3 heterocycles. The van der Waals surface area contributed by atoms with Crippen LogP contribution in [0.1, 0.15) is 57.5 Å². The molecule has 3 aromatic rings. The molecule has 2 aromatic heterocycles. The first-order valence-corrected chi connectivity index (χ1v) is 10.6. The van der Waals surface area contributed by atoms with Crippen LogP contribution in [-0.4, -0.2) is 57.4 Å². The van der Waals surface area contributed by atoms with Crippen molar-refractivity contribution in [2.45, 2.75) is 51.6 Å². The van der Waals surface area contributed by atoms with Gasteiger partial charge in [-0.1, -0.05) is 6.42 Å². The van der Waals surface area contributed by atoms with Crippen molar-refractivity contribution in [1.82, 2.24) is 30.1 Å². The molecule has 166 valence electrons. The molecule has 1 unspecified atom stereocenters. The zero-order valence-corrected chi connectivity index (χ0v) is 18.8. The Balaban J connectivity index is 1.92. The van der Waals surface area contributed by atoms with E-state index < -0.39 is 0 Å². The van der Waals surface area contributed by atoms with Crippen molar-refractivity contribution >= 4 is 10.9 Å². The highest BCUT2D eigenvalue weighted by Crippen LogP contribution is 2.34. The predicted octanol–water partition coefficient (Wildman–Crippen LogP) is 2.86. The summed E-state index contributed by atoms with van der Waals surface area (Å²) < 4.78 is 12.7. The van der Waals surface area contributed by atoms with E-state index in [2.05, 4.69) is 46.2 Å². The van der Waals surface area contributed by atoms with E-state index in [1.165, 1.54) is 6.42 Å². The number of nitrogens with one attached hydrogen (secondary N) is 1. The van der Waals surface area contributed by atoms with E-state index in [9.17, 15) is 4.79 Å². The maximum atomic E-state index is 13.3. The maximum absolute atomic E-state index is 13.3. The first-order valence-electron chi connectivity index (χ1n) is 10.6. The van der Waals surface area contributed by atoms with Crippen molar-refractivity contribution in [3.8, 4) is 11.5 Å². The van der Waals surface area contributed by atoms with Crippen LogP contribution in [0.4, 0.5) is 0 Å². The molecule has 9 heteroatoms. The number of ether oxygens (including phenoxy) is 2. The van der Waals surface area contributed by atoms with Crippen molar-refractivity contribution in [2.75, 3.05) is 27.3 Å². The summed E-state index contributed by atoms with van der Waals surface area (Å²) in [4.78, 5) is 18.6. The summed E-state index contributed by atoms with van der Waals surface area (Å²) in [6, 6.07) is 5.26. The Morgan fingerprint density at radius 1 is 1.03 bits per heavy atom. The molecular weight excluding hydrogens is 396 g/mol. The van der Waals surface area contributed by atoms with E-state index in [-0.39, 0.29) is 17.1 Å². The second-order valence-electron chi connectivity index (χ2n) is 8.97. The van der Waals surface area contributed by atoms with E-state index in [0.29, 0.717) is 28.4 Å². The van der Waals surface area contributed by atoms with E-state index in [1.807, 2.05) is 16.8 Å². The Bertz CT molecular complexity index is 1120. The van der Waals surface area contributed by atoms with Gasteiger partial charge < -0.3 is 14.5 Å². The number of tetrazole rings is 1. The van der Waals surface area contributed by atoms with Crippen LogP contribution in [0.3, 0.4) is 0 Å². The first kappa shape index (κ1) is 21.3. The monoisotopic (exact) mass is 426 g/mol. The van der Waals surface area contributed by atoms with Gasteiger partial charge >= 0.3 is 0 Å². The molecule has 4 rings (SSSR count). The molecule has 9 nitrogen and oxygen atoms in total. The number of methoxy groups -OCH3 is 2. The van der Waals surface area contributed by atoms with E-state index >= 15 is 0 Å². The second-order valence-corrected chi connectivity index (χ2v) is 8.97. The molecule has 0 aliphatic carbocycles. The van der Waals surface area contributed by atoms with Crippen molar-refractivity contribution < 1.29 is 9.47 Å². The second kappa shape index (κ2) is 8.30.